The zero-order chi connectivity index (χ0) is 54.3. The van der Waals surface area contributed by atoms with E-state index in [1.807, 2.05) is 0 Å². The number of esters is 3. The minimum atomic E-state index is -0.775. The maximum atomic E-state index is 12.9. The molecule has 0 saturated heterocycles. The number of rotatable bonds is 63. The van der Waals surface area contributed by atoms with Gasteiger partial charge >= 0.3 is 17.9 Å². The Hall–Kier alpha value is -2.11. The van der Waals surface area contributed by atoms with Gasteiger partial charge in [-0.2, -0.15) is 0 Å². The van der Waals surface area contributed by atoms with Crippen molar-refractivity contribution in [2.75, 3.05) is 13.2 Å². The Morgan fingerprint density at radius 2 is 0.480 bits per heavy atom. The second kappa shape index (κ2) is 64.4. The van der Waals surface area contributed by atoms with Gasteiger partial charge in [0.15, 0.2) is 6.10 Å². The van der Waals surface area contributed by atoms with Gasteiger partial charge in [-0.3, -0.25) is 14.4 Å². The smallest absolute Gasteiger partial charge is 0.306 e. The van der Waals surface area contributed by atoms with Crippen molar-refractivity contribution in [3.8, 4) is 0 Å². The highest BCUT2D eigenvalue weighted by atomic mass is 16.6. The summed E-state index contributed by atoms with van der Waals surface area (Å²) in [6, 6.07) is 0. The summed E-state index contributed by atoms with van der Waals surface area (Å²) in [5, 5.41) is 0. The predicted molar refractivity (Wildman–Crippen MR) is 326 cm³/mol. The quantitative estimate of drug-likeness (QED) is 0.0261. The molecule has 0 N–H and O–H groups in total. The number of hydrogen-bond acceptors (Lipinski definition) is 6. The number of carbonyl (C=O) groups is 3. The van der Waals surface area contributed by atoms with Crippen LogP contribution in [0.5, 0.6) is 0 Å². The molecule has 1 unspecified atom stereocenters. The lowest BCUT2D eigenvalue weighted by molar-refractivity contribution is -0.167. The topological polar surface area (TPSA) is 78.9 Å². The van der Waals surface area contributed by atoms with E-state index in [0.717, 1.165) is 77.0 Å². The first-order valence-corrected chi connectivity index (χ1v) is 33.8. The van der Waals surface area contributed by atoms with Crippen molar-refractivity contribution in [1.82, 2.24) is 0 Å². The molecule has 0 saturated carbocycles. The van der Waals surface area contributed by atoms with E-state index in [1.54, 1.807) is 0 Å². The van der Waals surface area contributed by atoms with E-state index in [9.17, 15) is 14.4 Å². The van der Waals surface area contributed by atoms with Gasteiger partial charge in [-0.05, 0) is 51.4 Å². The van der Waals surface area contributed by atoms with Gasteiger partial charge in [0.25, 0.3) is 0 Å². The molecule has 0 aromatic carbocycles. The summed E-state index contributed by atoms with van der Waals surface area (Å²) >= 11 is 0. The molecule has 0 heterocycles. The standard InChI is InChI=1S/C69H130O6/c1-4-7-10-13-16-19-22-25-28-30-31-32-33-34-35-36-37-38-39-40-42-44-47-50-53-56-59-62-68(71)74-65-66(64-73-67(70)61-58-55-52-49-46-43-27-24-21-18-15-12-9-6-3)75-69(72)63-60-57-54-51-48-45-41-29-26-23-20-17-14-11-8-5-2/h20,23,29,41,66H,4-19,21-22,24-28,30-40,42-65H2,1-3H3/b23-20-,41-29-. The van der Waals surface area contributed by atoms with Crippen LogP contribution >= 0.6 is 0 Å². The molecule has 0 bridgehead atoms. The SMILES string of the molecule is CCCCCC/C=C\C/C=C\CCCCCCCC(=O)OC(COC(=O)CCCCCCCCCCCCCCCC)COC(=O)CCCCCCCCCCCCCCCCCCCCCCCCCCCCC. The highest BCUT2D eigenvalue weighted by Crippen LogP contribution is 2.18. The highest BCUT2D eigenvalue weighted by molar-refractivity contribution is 5.71. The first-order valence-electron chi connectivity index (χ1n) is 33.8. The molecule has 0 aromatic heterocycles. The largest absolute Gasteiger partial charge is 0.462 e. The minimum absolute atomic E-state index is 0.0709. The van der Waals surface area contributed by atoms with Crippen LogP contribution in [0.4, 0.5) is 0 Å². The molecule has 0 aliphatic rings. The Balaban J connectivity index is 4.20. The average molecular weight is 1060 g/mol. The molecule has 6 nitrogen and oxygen atoms in total. The van der Waals surface area contributed by atoms with Crippen LogP contribution in [-0.2, 0) is 28.6 Å². The molecule has 6 heteroatoms. The molecule has 0 aromatic rings. The van der Waals surface area contributed by atoms with Gasteiger partial charge in [-0.15, -0.1) is 0 Å². The van der Waals surface area contributed by atoms with Crippen molar-refractivity contribution < 1.29 is 28.6 Å². The Morgan fingerprint density at radius 1 is 0.267 bits per heavy atom. The van der Waals surface area contributed by atoms with Gasteiger partial charge in [0.1, 0.15) is 13.2 Å². The predicted octanol–water partition coefficient (Wildman–Crippen LogP) is 23.0. The summed E-state index contributed by atoms with van der Waals surface area (Å²) in [5.41, 5.74) is 0. The van der Waals surface area contributed by atoms with E-state index in [4.69, 9.17) is 14.2 Å². The van der Waals surface area contributed by atoms with Crippen LogP contribution in [0.2, 0.25) is 0 Å². The van der Waals surface area contributed by atoms with Crippen LogP contribution in [0.15, 0.2) is 24.3 Å². The zero-order valence-corrected chi connectivity index (χ0v) is 50.8. The summed E-state index contributed by atoms with van der Waals surface area (Å²) in [6.45, 7) is 6.68. The molecule has 0 rings (SSSR count). The van der Waals surface area contributed by atoms with Gasteiger partial charge in [0, 0.05) is 19.3 Å². The van der Waals surface area contributed by atoms with Gasteiger partial charge < -0.3 is 14.2 Å². The Labute approximate surface area is 468 Å². The molecule has 442 valence electrons. The van der Waals surface area contributed by atoms with Crippen molar-refractivity contribution in [3.63, 3.8) is 0 Å². The van der Waals surface area contributed by atoms with E-state index in [2.05, 4.69) is 45.1 Å². The zero-order valence-electron chi connectivity index (χ0n) is 50.8. The van der Waals surface area contributed by atoms with E-state index in [0.29, 0.717) is 19.3 Å². The molecule has 75 heavy (non-hydrogen) atoms. The van der Waals surface area contributed by atoms with Crippen molar-refractivity contribution >= 4 is 17.9 Å². The minimum Gasteiger partial charge on any atom is -0.462 e. The normalized spacial score (nSPS) is 12.1. The summed E-state index contributed by atoms with van der Waals surface area (Å²) in [4.78, 5) is 38.3. The molecule has 0 amide bonds. The van der Waals surface area contributed by atoms with E-state index >= 15 is 0 Å². The molecular formula is C69H130O6. The third-order valence-electron chi connectivity index (χ3n) is 15.5. The average Bonchev–Trinajstić information content (AvgIpc) is 3.41. The van der Waals surface area contributed by atoms with Crippen molar-refractivity contribution in [2.24, 2.45) is 0 Å². The lowest BCUT2D eigenvalue weighted by Crippen LogP contribution is -2.30. The lowest BCUT2D eigenvalue weighted by atomic mass is 10.0. The Kier molecular flexibility index (Phi) is 62.6. The van der Waals surface area contributed by atoms with E-state index in [1.165, 1.54) is 263 Å². The first kappa shape index (κ1) is 72.9. The molecule has 0 radical (unpaired) electrons. The number of hydrogen-bond donors (Lipinski definition) is 0. The van der Waals surface area contributed by atoms with Gasteiger partial charge in [-0.25, -0.2) is 0 Å². The Bertz CT molecular complexity index is 1210. The second-order valence-electron chi connectivity index (χ2n) is 23.1. The van der Waals surface area contributed by atoms with Crippen molar-refractivity contribution in [1.29, 1.82) is 0 Å². The van der Waals surface area contributed by atoms with Gasteiger partial charge in [0.2, 0.25) is 0 Å². The fraction of sp³-hybridized carbons (Fsp3) is 0.899. The monoisotopic (exact) mass is 1050 g/mol. The first-order chi connectivity index (χ1) is 37.0. The molecule has 1 atom stereocenters. The van der Waals surface area contributed by atoms with E-state index < -0.39 is 6.10 Å². The fourth-order valence-electron chi connectivity index (χ4n) is 10.4. The summed E-state index contributed by atoms with van der Waals surface area (Å²) in [5.74, 6) is -0.856. The van der Waals surface area contributed by atoms with Crippen LogP contribution in [0.3, 0.4) is 0 Å². The van der Waals surface area contributed by atoms with Gasteiger partial charge in [0.05, 0.1) is 0 Å². The molecule has 0 aliphatic heterocycles. The van der Waals surface area contributed by atoms with Crippen LogP contribution in [0.1, 0.15) is 380 Å². The summed E-state index contributed by atoms with van der Waals surface area (Å²) < 4.78 is 16.9. The number of ether oxygens (including phenoxy) is 3. The van der Waals surface area contributed by atoms with Crippen LogP contribution in [0.25, 0.3) is 0 Å². The van der Waals surface area contributed by atoms with Crippen molar-refractivity contribution in [2.45, 2.75) is 386 Å². The molecule has 0 spiro atoms. The maximum Gasteiger partial charge on any atom is 0.306 e. The highest BCUT2D eigenvalue weighted by Gasteiger charge is 2.19. The lowest BCUT2D eigenvalue weighted by Gasteiger charge is -2.18. The third-order valence-corrected chi connectivity index (χ3v) is 15.5. The number of unbranched alkanes of at least 4 members (excludes halogenated alkanes) is 48. The van der Waals surface area contributed by atoms with Crippen molar-refractivity contribution in [3.05, 3.63) is 24.3 Å². The van der Waals surface area contributed by atoms with Crippen LogP contribution in [-0.4, -0.2) is 37.2 Å². The molecule has 0 aliphatic carbocycles. The molecular weight excluding hydrogens is 925 g/mol. The maximum absolute atomic E-state index is 12.9. The van der Waals surface area contributed by atoms with E-state index in [-0.39, 0.29) is 31.1 Å². The summed E-state index contributed by atoms with van der Waals surface area (Å²) in [7, 11) is 0. The fourth-order valence-corrected chi connectivity index (χ4v) is 10.4. The van der Waals surface area contributed by atoms with Crippen LogP contribution in [0, 0.1) is 0 Å². The number of carbonyl (C=O) groups excluding carboxylic acids is 3. The molecule has 0 fully saturated rings. The Morgan fingerprint density at radius 3 is 0.747 bits per heavy atom. The third kappa shape index (κ3) is 62.6. The summed E-state index contributed by atoms with van der Waals surface area (Å²) in [6.07, 6.45) is 77.7. The van der Waals surface area contributed by atoms with Gasteiger partial charge in [-0.1, -0.05) is 334 Å². The second-order valence-corrected chi connectivity index (χ2v) is 23.1. The van der Waals surface area contributed by atoms with Crippen LogP contribution < -0.4 is 0 Å². The number of allylic oxidation sites excluding steroid dienone is 4.